The van der Waals surface area contributed by atoms with Gasteiger partial charge in [0.25, 0.3) is 0 Å². The fourth-order valence-electron chi connectivity index (χ4n) is 3.75. The van der Waals surface area contributed by atoms with Crippen LogP contribution in [0, 0.1) is 13.8 Å². The van der Waals surface area contributed by atoms with Gasteiger partial charge in [0.2, 0.25) is 0 Å². The van der Waals surface area contributed by atoms with E-state index < -0.39 is 17.8 Å². The third kappa shape index (κ3) is 2.14. The van der Waals surface area contributed by atoms with Crippen LogP contribution in [0.15, 0.2) is 55.3 Å². The van der Waals surface area contributed by atoms with Crippen molar-refractivity contribution in [3.63, 3.8) is 0 Å². The number of methoxy groups -OCH3 is 1. The Bertz CT molecular complexity index is 980. The van der Waals surface area contributed by atoms with E-state index in [4.69, 9.17) is 9.47 Å². The van der Waals surface area contributed by atoms with Crippen molar-refractivity contribution >= 4 is 5.65 Å². The summed E-state index contributed by atoms with van der Waals surface area (Å²) < 4.78 is 14.1. The van der Waals surface area contributed by atoms with Crippen LogP contribution in [0.5, 0.6) is 5.75 Å². The van der Waals surface area contributed by atoms with E-state index in [0.717, 1.165) is 22.5 Å². The molecule has 0 amide bonds. The van der Waals surface area contributed by atoms with E-state index in [1.54, 1.807) is 13.2 Å². The Kier molecular flexibility index (Phi) is 3.86. The maximum Gasteiger partial charge on any atom is 0.180 e. The zero-order valence-corrected chi connectivity index (χ0v) is 15.1. The van der Waals surface area contributed by atoms with Gasteiger partial charge in [-0.3, -0.25) is 0 Å². The van der Waals surface area contributed by atoms with Gasteiger partial charge in [-0.15, -0.1) is 0 Å². The fraction of sp³-hybridized carbons (Fsp3) is 0.286. The molecule has 3 atom stereocenters. The van der Waals surface area contributed by atoms with Crippen LogP contribution in [-0.4, -0.2) is 27.7 Å². The van der Waals surface area contributed by atoms with Crippen LogP contribution in [0.4, 0.5) is 0 Å². The van der Waals surface area contributed by atoms with Crippen LogP contribution >= 0.6 is 0 Å². The zero-order chi connectivity index (χ0) is 18.5. The van der Waals surface area contributed by atoms with Gasteiger partial charge in [-0.2, -0.15) is 0 Å². The van der Waals surface area contributed by atoms with Gasteiger partial charge in [-0.1, -0.05) is 43.0 Å². The Labute approximate surface area is 152 Å². The van der Waals surface area contributed by atoms with Crippen molar-refractivity contribution in [2.45, 2.75) is 31.7 Å². The Morgan fingerprint density at radius 1 is 1.27 bits per heavy atom. The third-order valence-corrected chi connectivity index (χ3v) is 5.39. The summed E-state index contributed by atoms with van der Waals surface area (Å²) in [7, 11) is 1.58. The second-order valence-corrected chi connectivity index (χ2v) is 6.63. The molecule has 0 aliphatic carbocycles. The molecule has 4 rings (SSSR count). The number of imidazole rings is 1. The number of hydrogen-bond acceptors (Lipinski definition) is 4. The Balaban J connectivity index is 2.01. The highest BCUT2D eigenvalue weighted by atomic mass is 16.5. The molecule has 1 aliphatic heterocycles. The lowest BCUT2D eigenvalue weighted by Crippen LogP contribution is -2.48. The number of benzene rings is 1. The molecule has 0 fully saturated rings. The lowest BCUT2D eigenvalue weighted by Gasteiger charge is -2.43. The van der Waals surface area contributed by atoms with Crippen LogP contribution in [0.2, 0.25) is 0 Å². The number of aromatic nitrogens is 2. The first kappa shape index (κ1) is 16.8. The topological polar surface area (TPSA) is 56.0 Å². The largest absolute Gasteiger partial charge is 0.479 e. The van der Waals surface area contributed by atoms with E-state index >= 15 is 0 Å². The van der Waals surface area contributed by atoms with Crippen LogP contribution in [0.3, 0.4) is 0 Å². The van der Waals surface area contributed by atoms with Gasteiger partial charge in [0.05, 0.1) is 5.69 Å². The minimum Gasteiger partial charge on any atom is -0.479 e. The number of nitrogens with zero attached hydrogens (tertiary/aromatic N) is 2. The van der Waals surface area contributed by atoms with Crippen molar-refractivity contribution in [1.82, 2.24) is 9.38 Å². The van der Waals surface area contributed by atoms with Crippen LogP contribution in [0.1, 0.15) is 28.6 Å². The zero-order valence-electron chi connectivity index (χ0n) is 15.1. The number of aliphatic hydroxyl groups excluding tert-OH is 1. The summed E-state index contributed by atoms with van der Waals surface area (Å²) in [5.41, 5.74) is 3.22. The lowest BCUT2D eigenvalue weighted by molar-refractivity contribution is -0.133. The normalized spacial score (nSPS) is 24.9. The molecule has 0 radical (unpaired) electrons. The Hall–Kier alpha value is -2.63. The molecule has 1 N–H and O–H groups in total. The predicted molar refractivity (Wildman–Crippen MR) is 99.4 cm³/mol. The summed E-state index contributed by atoms with van der Waals surface area (Å²) in [5.74, 6) is 0.615. The maximum atomic E-state index is 11.2. The molecule has 1 aromatic carbocycles. The molecule has 0 saturated heterocycles. The van der Waals surface area contributed by atoms with Crippen LogP contribution in [0.25, 0.3) is 5.65 Å². The minimum atomic E-state index is -1.08. The standard InChI is InChI=1S/C21H22N2O3/c1-5-21(25-4)16-11-12-23-14(3)13(2)22-20(23)18(16)26-17(19(21)24)15-9-7-6-8-10-15/h5-12,17,19,24H,1H2,2-4H3/t17-,19?,21?/m1/s1. The molecule has 1 aliphatic rings. The average Bonchev–Trinajstić information content (AvgIpc) is 2.97. The Morgan fingerprint density at radius 3 is 2.65 bits per heavy atom. The third-order valence-electron chi connectivity index (χ3n) is 5.39. The van der Waals surface area contributed by atoms with Gasteiger partial charge in [0.15, 0.2) is 17.5 Å². The first-order valence-corrected chi connectivity index (χ1v) is 8.60. The van der Waals surface area contributed by atoms with Crippen molar-refractivity contribution in [1.29, 1.82) is 0 Å². The van der Waals surface area contributed by atoms with E-state index in [1.165, 1.54) is 0 Å². The van der Waals surface area contributed by atoms with Crippen molar-refractivity contribution in [2.24, 2.45) is 0 Å². The highest BCUT2D eigenvalue weighted by Gasteiger charge is 2.50. The molecule has 3 heterocycles. The van der Waals surface area contributed by atoms with Crippen molar-refractivity contribution < 1.29 is 14.6 Å². The molecular weight excluding hydrogens is 328 g/mol. The first-order valence-electron chi connectivity index (χ1n) is 8.60. The summed E-state index contributed by atoms with van der Waals surface area (Å²) in [5, 5.41) is 11.2. The second kappa shape index (κ2) is 5.97. The van der Waals surface area contributed by atoms with Gasteiger partial charge in [0.1, 0.15) is 11.7 Å². The van der Waals surface area contributed by atoms with Gasteiger partial charge < -0.3 is 19.0 Å². The van der Waals surface area contributed by atoms with Gasteiger partial charge in [0, 0.05) is 24.6 Å². The second-order valence-electron chi connectivity index (χ2n) is 6.63. The van der Waals surface area contributed by atoms with Gasteiger partial charge >= 0.3 is 0 Å². The van der Waals surface area contributed by atoms with E-state index in [-0.39, 0.29) is 0 Å². The average molecular weight is 350 g/mol. The molecule has 5 nitrogen and oxygen atoms in total. The number of pyridine rings is 1. The highest BCUT2D eigenvalue weighted by Crippen LogP contribution is 2.48. The molecule has 5 heteroatoms. The molecule has 0 bridgehead atoms. The molecule has 3 aromatic rings. The van der Waals surface area contributed by atoms with Crippen LogP contribution in [-0.2, 0) is 10.3 Å². The summed E-state index contributed by atoms with van der Waals surface area (Å²) >= 11 is 0. The number of fused-ring (bicyclic) bond motifs is 3. The number of aliphatic hydroxyl groups is 1. The molecule has 0 spiro atoms. The maximum absolute atomic E-state index is 11.2. The summed E-state index contributed by atoms with van der Waals surface area (Å²) in [6.45, 7) is 7.93. The molecule has 0 saturated carbocycles. The summed E-state index contributed by atoms with van der Waals surface area (Å²) in [6, 6.07) is 11.6. The first-order chi connectivity index (χ1) is 12.5. The quantitative estimate of drug-likeness (QED) is 0.735. The summed E-state index contributed by atoms with van der Waals surface area (Å²) in [4.78, 5) is 4.68. The number of ether oxygens (including phenoxy) is 2. The van der Waals surface area contributed by atoms with E-state index in [1.807, 2.05) is 60.8 Å². The Morgan fingerprint density at radius 2 is 2.00 bits per heavy atom. The number of hydrogen-bond donors (Lipinski definition) is 1. The van der Waals surface area contributed by atoms with Gasteiger partial charge in [-0.05, 0) is 25.5 Å². The van der Waals surface area contributed by atoms with E-state index in [2.05, 4.69) is 11.6 Å². The van der Waals surface area contributed by atoms with Crippen molar-refractivity contribution in [2.75, 3.05) is 7.11 Å². The molecule has 2 unspecified atom stereocenters. The predicted octanol–water partition coefficient (Wildman–Crippen LogP) is 3.47. The SMILES string of the molecule is C=CC1(OC)c2ccn3c(C)c(C)nc3c2O[C@H](c2ccccc2)C1O. The molecule has 2 aromatic heterocycles. The minimum absolute atomic E-state index is 0.592. The van der Waals surface area contributed by atoms with E-state index in [9.17, 15) is 5.11 Å². The van der Waals surface area contributed by atoms with E-state index in [0.29, 0.717) is 11.4 Å². The molecular formula is C21H22N2O3. The lowest BCUT2D eigenvalue weighted by atomic mass is 9.81. The number of aryl methyl sites for hydroxylation is 2. The number of rotatable bonds is 3. The summed E-state index contributed by atoms with van der Waals surface area (Å²) in [6.07, 6.45) is 2.04. The monoisotopic (exact) mass is 350 g/mol. The smallest absolute Gasteiger partial charge is 0.180 e. The van der Waals surface area contributed by atoms with Crippen molar-refractivity contribution in [3.05, 3.63) is 77.8 Å². The fourth-order valence-corrected chi connectivity index (χ4v) is 3.75. The molecule has 134 valence electrons. The van der Waals surface area contributed by atoms with Gasteiger partial charge in [-0.25, -0.2) is 4.98 Å². The van der Waals surface area contributed by atoms with Crippen LogP contribution < -0.4 is 4.74 Å². The highest BCUT2D eigenvalue weighted by molar-refractivity contribution is 5.64. The molecule has 26 heavy (non-hydrogen) atoms. The van der Waals surface area contributed by atoms with Crippen molar-refractivity contribution in [3.8, 4) is 5.75 Å².